The number of carbonyl (C=O) groups excluding carboxylic acids is 2. The lowest BCUT2D eigenvalue weighted by atomic mass is 10.1. The zero-order chi connectivity index (χ0) is 18.4. The molecule has 0 radical (unpaired) electrons. The third-order valence-electron chi connectivity index (χ3n) is 4.18. The van der Waals surface area contributed by atoms with Gasteiger partial charge in [-0.25, -0.2) is 14.0 Å². The predicted molar refractivity (Wildman–Crippen MR) is 97.4 cm³/mol. The van der Waals surface area contributed by atoms with Gasteiger partial charge in [0.15, 0.2) is 0 Å². The van der Waals surface area contributed by atoms with E-state index in [0.29, 0.717) is 38.3 Å². The van der Waals surface area contributed by atoms with E-state index >= 15 is 0 Å². The molecule has 3 rings (SSSR count). The molecule has 4 amide bonds. The van der Waals surface area contributed by atoms with E-state index in [1.807, 2.05) is 24.3 Å². The highest BCUT2D eigenvalue weighted by Crippen LogP contribution is 2.18. The normalized spacial score (nSPS) is 13.4. The summed E-state index contributed by atoms with van der Waals surface area (Å²) in [6.07, 6.45) is 0.614. The van der Waals surface area contributed by atoms with Crippen molar-refractivity contribution in [1.82, 2.24) is 15.5 Å². The van der Waals surface area contributed by atoms with Crippen LogP contribution in [0, 0.1) is 5.82 Å². The Bertz CT molecular complexity index is 779. The lowest BCUT2D eigenvalue weighted by Gasteiger charge is -2.17. The Kier molecular flexibility index (Phi) is 5.68. The number of nitrogens with one attached hydrogen (secondary N) is 3. The summed E-state index contributed by atoms with van der Waals surface area (Å²) in [5.74, 6) is -0.275. The first-order valence-corrected chi connectivity index (χ1v) is 8.52. The van der Waals surface area contributed by atoms with Crippen molar-refractivity contribution in [3.63, 3.8) is 0 Å². The Morgan fingerprint density at radius 3 is 2.65 bits per heavy atom. The Balaban J connectivity index is 1.52. The molecule has 26 heavy (non-hydrogen) atoms. The van der Waals surface area contributed by atoms with Crippen molar-refractivity contribution >= 4 is 17.7 Å². The number of rotatable bonds is 6. The zero-order valence-electron chi connectivity index (χ0n) is 14.3. The van der Waals surface area contributed by atoms with Crippen LogP contribution >= 0.6 is 0 Å². The van der Waals surface area contributed by atoms with Crippen LogP contribution in [0.1, 0.15) is 11.1 Å². The van der Waals surface area contributed by atoms with Gasteiger partial charge in [-0.3, -0.25) is 0 Å². The molecule has 6 nitrogen and oxygen atoms in total. The van der Waals surface area contributed by atoms with Crippen LogP contribution in [0.2, 0.25) is 0 Å². The maximum atomic E-state index is 12.9. The number of nitrogens with zero attached hydrogens (tertiary/aromatic N) is 1. The topological polar surface area (TPSA) is 73.5 Å². The summed E-state index contributed by atoms with van der Waals surface area (Å²) in [5, 5.41) is 8.37. The number of urea groups is 2. The minimum Gasteiger partial charge on any atom is -0.338 e. The lowest BCUT2D eigenvalue weighted by Crippen LogP contribution is -2.32. The molecule has 0 unspecified atom stereocenters. The molecule has 7 heteroatoms. The van der Waals surface area contributed by atoms with Gasteiger partial charge < -0.3 is 20.9 Å². The van der Waals surface area contributed by atoms with Gasteiger partial charge in [0.2, 0.25) is 0 Å². The third-order valence-corrected chi connectivity index (χ3v) is 4.18. The van der Waals surface area contributed by atoms with Gasteiger partial charge in [0.05, 0.1) is 0 Å². The summed E-state index contributed by atoms with van der Waals surface area (Å²) in [5.41, 5.74) is 2.50. The van der Waals surface area contributed by atoms with Gasteiger partial charge in [-0.15, -0.1) is 0 Å². The van der Waals surface area contributed by atoms with Crippen LogP contribution in [-0.2, 0) is 13.0 Å². The number of halogens is 1. The summed E-state index contributed by atoms with van der Waals surface area (Å²) in [7, 11) is 0. The molecule has 3 N–H and O–H groups in total. The maximum Gasteiger partial charge on any atom is 0.319 e. The number of hydrogen-bond acceptors (Lipinski definition) is 2. The second kappa shape index (κ2) is 8.33. The van der Waals surface area contributed by atoms with Gasteiger partial charge in [0.1, 0.15) is 5.82 Å². The average Bonchev–Trinajstić information content (AvgIpc) is 3.03. The van der Waals surface area contributed by atoms with Crippen LogP contribution < -0.4 is 16.0 Å². The molecule has 2 aromatic carbocycles. The monoisotopic (exact) mass is 356 g/mol. The summed E-state index contributed by atoms with van der Waals surface area (Å²) in [6, 6.07) is 13.2. The molecule has 0 saturated carbocycles. The van der Waals surface area contributed by atoms with Crippen LogP contribution in [0.4, 0.5) is 19.7 Å². The predicted octanol–water partition coefficient (Wildman–Crippen LogP) is 2.72. The Labute approximate surface area is 151 Å². The van der Waals surface area contributed by atoms with Crippen LogP contribution in [0.25, 0.3) is 0 Å². The zero-order valence-corrected chi connectivity index (χ0v) is 14.3. The van der Waals surface area contributed by atoms with E-state index in [2.05, 4.69) is 16.0 Å². The van der Waals surface area contributed by atoms with Crippen LogP contribution in [0.5, 0.6) is 0 Å². The molecule has 0 aliphatic carbocycles. The number of carbonyl (C=O) groups is 2. The van der Waals surface area contributed by atoms with Crippen molar-refractivity contribution < 1.29 is 14.0 Å². The molecular formula is C19H21FN4O2. The Hall–Kier alpha value is -3.09. The standard InChI is InChI=1S/C19H21FN4O2/c20-16-7-5-14(6-8-16)9-10-21-18(25)23-17-4-2-1-3-15(17)13-24-12-11-22-19(24)26/h1-8H,9-13H2,(H,22,26)(H2,21,23,25). The second-order valence-electron chi connectivity index (χ2n) is 6.07. The molecule has 2 aromatic rings. The average molecular weight is 356 g/mol. The number of hydrogen-bond donors (Lipinski definition) is 3. The molecule has 0 aromatic heterocycles. The van der Waals surface area contributed by atoms with Gasteiger partial charge >= 0.3 is 12.1 Å². The Morgan fingerprint density at radius 1 is 1.15 bits per heavy atom. The number of benzene rings is 2. The first kappa shape index (κ1) is 17.7. The third kappa shape index (κ3) is 4.72. The summed E-state index contributed by atoms with van der Waals surface area (Å²) in [6.45, 7) is 2.17. The largest absolute Gasteiger partial charge is 0.338 e. The SMILES string of the molecule is O=C(NCCc1ccc(F)cc1)Nc1ccccc1CN1CCNC1=O. The van der Waals surface area contributed by atoms with Crippen LogP contribution in [0.3, 0.4) is 0 Å². The molecule has 0 spiro atoms. The van der Waals surface area contributed by atoms with Gasteiger partial charge in [-0.2, -0.15) is 0 Å². The van der Waals surface area contributed by atoms with Crippen molar-refractivity contribution in [2.45, 2.75) is 13.0 Å². The summed E-state index contributed by atoms with van der Waals surface area (Å²) < 4.78 is 12.9. The molecule has 1 aliphatic heterocycles. The fourth-order valence-electron chi connectivity index (χ4n) is 2.79. The number of para-hydroxylation sites is 1. The van der Waals surface area contributed by atoms with E-state index in [1.54, 1.807) is 17.0 Å². The molecule has 0 atom stereocenters. The maximum absolute atomic E-state index is 12.9. The van der Waals surface area contributed by atoms with Crippen molar-refractivity contribution in [3.05, 3.63) is 65.5 Å². The van der Waals surface area contributed by atoms with Gasteiger partial charge in [-0.05, 0) is 35.7 Å². The first-order valence-electron chi connectivity index (χ1n) is 8.52. The fourth-order valence-corrected chi connectivity index (χ4v) is 2.79. The van der Waals surface area contributed by atoms with E-state index in [-0.39, 0.29) is 17.9 Å². The molecule has 1 heterocycles. The quantitative estimate of drug-likeness (QED) is 0.745. The van der Waals surface area contributed by atoms with Crippen molar-refractivity contribution in [1.29, 1.82) is 0 Å². The van der Waals surface area contributed by atoms with Gasteiger partial charge in [-0.1, -0.05) is 30.3 Å². The van der Waals surface area contributed by atoms with Crippen molar-refractivity contribution in [3.8, 4) is 0 Å². The highest BCUT2D eigenvalue weighted by atomic mass is 19.1. The fraction of sp³-hybridized carbons (Fsp3) is 0.263. The van der Waals surface area contributed by atoms with E-state index in [0.717, 1.165) is 11.1 Å². The minimum absolute atomic E-state index is 0.0939. The Morgan fingerprint density at radius 2 is 1.92 bits per heavy atom. The number of amides is 4. The molecule has 1 aliphatic rings. The van der Waals surface area contributed by atoms with Crippen molar-refractivity contribution in [2.24, 2.45) is 0 Å². The van der Waals surface area contributed by atoms with Gasteiger partial charge in [0, 0.05) is 31.9 Å². The lowest BCUT2D eigenvalue weighted by molar-refractivity contribution is 0.215. The highest BCUT2D eigenvalue weighted by Gasteiger charge is 2.20. The molecule has 1 fully saturated rings. The van der Waals surface area contributed by atoms with E-state index in [4.69, 9.17) is 0 Å². The van der Waals surface area contributed by atoms with Crippen molar-refractivity contribution in [2.75, 3.05) is 25.0 Å². The van der Waals surface area contributed by atoms with E-state index in [1.165, 1.54) is 12.1 Å². The van der Waals surface area contributed by atoms with E-state index in [9.17, 15) is 14.0 Å². The number of anilines is 1. The highest BCUT2D eigenvalue weighted by molar-refractivity contribution is 5.90. The van der Waals surface area contributed by atoms with Crippen LogP contribution in [-0.4, -0.2) is 36.6 Å². The molecular weight excluding hydrogens is 335 g/mol. The molecule has 136 valence electrons. The first-order chi connectivity index (χ1) is 12.6. The van der Waals surface area contributed by atoms with Gasteiger partial charge in [0.25, 0.3) is 0 Å². The minimum atomic E-state index is -0.314. The molecule has 0 bridgehead atoms. The smallest absolute Gasteiger partial charge is 0.319 e. The molecule has 1 saturated heterocycles. The van der Waals surface area contributed by atoms with Crippen LogP contribution in [0.15, 0.2) is 48.5 Å². The second-order valence-corrected chi connectivity index (χ2v) is 6.07. The summed E-state index contributed by atoms with van der Waals surface area (Å²) in [4.78, 5) is 25.5. The summed E-state index contributed by atoms with van der Waals surface area (Å²) >= 11 is 0. The van der Waals surface area contributed by atoms with E-state index < -0.39 is 0 Å².